The van der Waals surface area contributed by atoms with Crippen molar-refractivity contribution in [2.45, 2.75) is 36.4 Å². The van der Waals surface area contributed by atoms with Crippen molar-refractivity contribution in [3.63, 3.8) is 0 Å². The van der Waals surface area contributed by atoms with Crippen LogP contribution >= 0.6 is 46.1 Å². The maximum atomic E-state index is 14.5. The minimum absolute atomic E-state index is 0.123. The average molecular weight is 620 g/mol. The van der Waals surface area contributed by atoms with Gasteiger partial charge in [0, 0.05) is 29.2 Å². The fourth-order valence-corrected chi connectivity index (χ4v) is 5.61. The summed E-state index contributed by atoms with van der Waals surface area (Å²) in [5.41, 5.74) is -8.27. The molecule has 2 aromatic heterocycles. The predicted molar refractivity (Wildman–Crippen MR) is 126 cm³/mol. The highest BCUT2D eigenvalue weighted by Gasteiger charge is 2.73. The molecule has 0 radical (unpaired) electrons. The van der Waals surface area contributed by atoms with Crippen LogP contribution in [-0.4, -0.2) is 45.5 Å². The van der Waals surface area contributed by atoms with Crippen LogP contribution in [0.1, 0.15) is 28.8 Å². The molecular formula is C22H12Cl3F7N4OS. The van der Waals surface area contributed by atoms with Gasteiger partial charge in [0.05, 0.1) is 27.9 Å². The Morgan fingerprint density at radius 1 is 1.08 bits per heavy atom. The molecule has 2 heterocycles. The first-order chi connectivity index (χ1) is 17.5. The number of thiophene rings is 1. The van der Waals surface area contributed by atoms with E-state index in [-0.39, 0.29) is 27.7 Å². The summed E-state index contributed by atoms with van der Waals surface area (Å²) >= 11 is 19.2. The molecule has 0 atom stereocenters. The van der Waals surface area contributed by atoms with Crippen LogP contribution in [-0.2, 0) is 5.67 Å². The largest absolute Gasteiger partial charge is 0.435 e. The van der Waals surface area contributed by atoms with Gasteiger partial charge in [-0.15, -0.1) is 11.3 Å². The van der Waals surface area contributed by atoms with Gasteiger partial charge in [0.1, 0.15) is 15.6 Å². The normalized spacial score (nSPS) is 15.3. The fraction of sp³-hybridized carbons (Fsp3) is 0.318. The van der Waals surface area contributed by atoms with Gasteiger partial charge in [0.25, 0.3) is 5.91 Å². The number of amides is 1. The lowest BCUT2D eigenvalue weighted by atomic mass is 9.94. The fourth-order valence-electron chi connectivity index (χ4n) is 3.72. The van der Waals surface area contributed by atoms with Gasteiger partial charge in [-0.05, 0) is 31.0 Å². The lowest BCUT2D eigenvalue weighted by molar-refractivity contribution is -0.348. The smallest absolute Gasteiger partial charge is 0.323 e. The summed E-state index contributed by atoms with van der Waals surface area (Å²) in [5, 5.41) is 11.9. The first-order valence-electron chi connectivity index (χ1n) is 10.3. The standard InChI is InChI=1S/C22H12Cl3F7N4OS/c1-35(19(9-33)2-3-19)18(37)12-6-15(38-17(12)25)10-7-34-36(8-10)16-13(23)4-11(5-14(16)24)20(26,21(27,28)29)22(30,31)32/h4-8H,2-3H2,1H3. The third-order valence-electron chi connectivity index (χ3n) is 6.09. The Hall–Kier alpha value is -2.53. The molecule has 202 valence electrons. The number of carbonyl (C=O) groups is 1. The average Bonchev–Trinajstić information content (AvgIpc) is 3.30. The van der Waals surface area contributed by atoms with Crippen LogP contribution in [0.4, 0.5) is 30.7 Å². The minimum Gasteiger partial charge on any atom is -0.323 e. The van der Waals surface area contributed by atoms with Gasteiger partial charge >= 0.3 is 18.0 Å². The zero-order valence-corrected chi connectivity index (χ0v) is 21.8. The first kappa shape index (κ1) is 28.5. The Bertz CT molecular complexity index is 1430. The summed E-state index contributed by atoms with van der Waals surface area (Å²) in [5.74, 6) is -0.477. The SMILES string of the molecule is CN(C(=O)c1cc(-c2cnn(-c3c(Cl)cc(C(F)(C(F)(F)F)C(F)(F)F)cc3Cl)c2)sc1Cl)C1(C#N)CC1. The molecule has 1 aliphatic rings. The summed E-state index contributed by atoms with van der Waals surface area (Å²) < 4.78 is 94.4. The van der Waals surface area contributed by atoms with E-state index in [1.807, 2.05) is 0 Å². The number of benzene rings is 1. The first-order valence-corrected chi connectivity index (χ1v) is 12.3. The number of alkyl halides is 7. The monoisotopic (exact) mass is 618 g/mol. The highest BCUT2D eigenvalue weighted by molar-refractivity contribution is 7.19. The zero-order chi connectivity index (χ0) is 28.4. The molecule has 0 saturated heterocycles. The molecule has 38 heavy (non-hydrogen) atoms. The Kier molecular flexibility index (Phi) is 6.96. The van der Waals surface area contributed by atoms with Crippen molar-refractivity contribution in [3.8, 4) is 22.2 Å². The summed E-state index contributed by atoms with van der Waals surface area (Å²) in [6, 6.07) is 3.92. The van der Waals surface area contributed by atoms with Gasteiger partial charge in [0.2, 0.25) is 0 Å². The number of hydrogen-bond donors (Lipinski definition) is 0. The molecule has 1 fully saturated rings. The van der Waals surface area contributed by atoms with Crippen LogP contribution in [0.2, 0.25) is 14.4 Å². The topological polar surface area (TPSA) is 61.9 Å². The molecule has 1 aliphatic carbocycles. The molecule has 1 saturated carbocycles. The van der Waals surface area contributed by atoms with Gasteiger partial charge in [-0.2, -0.15) is 36.7 Å². The lowest BCUT2D eigenvalue weighted by Crippen LogP contribution is -2.50. The number of nitriles is 1. The quantitative estimate of drug-likeness (QED) is 0.272. The van der Waals surface area contributed by atoms with Crippen molar-refractivity contribution in [2.75, 3.05) is 7.05 Å². The summed E-state index contributed by atoms with van der Waals surface area (Å²) in [7, 11) is 1.49. The van der Waals surface area contributed by atoms with E-state index >= 15 is 0 Å². The molecule has 0 bridgehead atoms. The predicted octanol–water partition coefficient (Wildman–Crippen LogP) is 7.98. The van der Waals surface area contributed by atoms with Crippen molar-refractivity contribution in [2.24, 2.45) is 0 Å². The lowest BCUT2D eigenvalue weighted by Gasteiger charge is -2.30. The molecule has 1 aromatic carbocycles. The van der Waals surface area contributed by atoms with Crippen LogP contribution < -0.4 is 0 Å². The number of nitrogens with zero attached hydrogens (tertiary/aromatic N) is 4. The van der Waals surface area contributed by atoms with E-state index in [4.69, 9.17) is 34.8 Å². The van der Waals surface area contributed by atoms with Gasteiger partial charge < -0.3 is 4.90 Å². The van der Waals surface area contributed by atoms with Gasteiger partial charge in [0.15, 0.2) is 0 Å². The molecule has 0 spiro atoms. The van der Waals surface area contributed by atoms with Crippen molar-refractivity contribution >= 4 is 52.0 Å². The van der Waals surface area contributed by atoms with Crippen LogP contribution in [0.3, 0.4) is 0 Å². The Labute approximate surface area is 228 Å². The van der Waals surface area contributed by atoms with Crippen molar-refractivity contribution in [1.29, 1.82) is 5.26 Å². The molecule has 5 nitrogen and oxygen atoms in total. The molecule has 1 amide bonds. The molecule has 0 unspecified atom stereocenters. The third-order valence-corrected chi connectivity index (χ3v) is 8.07. The van der Waals surface area contributed by atoms with Crippen molar-refractivity contribution in [3.05, 3.63) is 56.1 Å². The van der Waals surface area contributed by atoms with E-state index in [0.717, 1.165) is 16.0 Å². The highest BCUT2D eigenvalue weighted by atomic mass is 35.5. The molecule has 0 N–H and O–H groups in total. The van der Waals surface area contributed by atoms with Crippen LogP contribution in [0.25, 0.3) is 16.1 Å². The maximum absolute atomic E-state index is 14.5. The van der Waals surface area contributed by atoms with Gasteiger partial charge in [-0.1, -0.05) is 34.8 Å². The number of aromatic nitrogens is 2. The van der Waals surface area contributed by atoms with Gasteiger partial charge in [-0.25, -0.2) is 9.07 Å². The van der Waals surface area contributed by atoms with E-state index in [1.165, 1.54) is 30.4 Å². The van der Waals surface area contributed by atoms with E-state index in [2.05, 4.69) is 11.2 Å². The summed E-state index contributed by atoms with van der Waals surface area (Å²) in [6.45, 7) is 0. The second-order valence-corrected chi connectivity index (χ2v) is 10.9. The number of hydrogen-bond acceptors (Lipinski definition) is 4. The van der Waals surface area contributed by atoms with E-state index < -0.39 is 45.1 Å². The molecule has 0 aliphatic heterocycles. The Morgan fingerprint density at radius 3 is 2.11 bits per heavy atom. The van der Waals surface area contributed by atoms with E-state index in [0.29, 0.717) is 23.3 Å². The third kappa shape index (κ3) is 4.51. The molecular weight excluding hydrogens is 608 g/mol. The summed E-state index contributed by atoms with van der Waals surface area (Å²) in [4.78, 5) is 14.6. The van der Waals surface area contributed by atoms with E-state index in [9.17, 15) is 40.8 Å². The van der Waals surface area contributed by atoms with Crippen molar-refractivity contribution < 1.29 is 35.5 Å². The molecule has 3 aromatic rings. The number of rotatable bonds is 5. The summed E-state index contributed by atoms with van der Waals surface area (Å²) in [6.07, 6.45) is -9.06. The number of carbonyl (C=O) groups excluding carboxylic acids is 1. The highest BCUT2D eigenvalue weighted by Crippen LogP contribution is 2.54. The second kappa shape index (κ2) is 9.29. The molecule has 4 rings (SSSR count). The minimum atomic E-state index is -6.34. The zero-order valence-electron chi connectivity index (χ0n) is 18.7. The van der Waals surface area contributed by atoms with Crippen LogP contribution in [0.5, 0.6) is 0 Å². The van der Waals surface area contributed by atoms with E-state index in [1.54, 1.807) is 0 Å². The maximum Gasteiger partial charge on any atom is 0.435 e. The Morgan fingerprint density at radius 2 is 1.63 bits per heavy atom. The Balaban J connectivity index is 1.69. The second-order valence-electron chi connectivity index (χ2n) is 8.42. The van der Waals surface area contributed by atoms with Crippen LogP contribution in [0.15, 0.2) is 30.6 Å². The molecule has 16 heteroatoms. The van der Waals surface area contributed by atoms with Crippen LogP contribution in [0, 0.1) is 11.3 Å². The van der Waals surface area contributed by atoms with Crippen molar-refractivity contribution in [1.82, 2.24) is 14.7 Å². The number of halogens is 10. The van der Waals surface area contributed by atoms with Gasteiger partial charge in [-0.3, -0.25) is 4.79 Å².